The third-order valence-corrected chi connectivity index (χ3v) is 4.56. The number of aromatic nitrogens is 2. The smallest absolute Gasteiger partial charge is 0.224 e. The zero-order valence-electron chi connectivity index (χ0n) is 14.7. The Hall–Kier alpha value is -3.08. The lowest BCUT2D eigenvalue weighted by Crippen LogP contribution is -2.17. The molecular weight excluding hydrogens is 322 g/mol. The van der Waals surface area contributed by atoms with Crippen molar-refractivity contribution in [1.82, 2.24) is 9.97 Å². The van der Waals surface area contributed by atoms with Gasteiger partial charge in [-0.2, -0.15) is 4.98 Å². The van der Waals surface area contributed by atoms with Gasteiger partial charge in [-0.1, -0.05) is 30.3 Å². The van der Waals surface area contributed by atoms with Crippen molar-refractivity contribution >= 4 is 23.1 Å². The average molecular weight is 345 g/mol. The Morgan fingerprint density at radius 3 is 2.42 bits per heavy atom. The van der Waals surface area contributed by atoms with Gasteiger partial charge in [-0.25, -0.2) is 4.98 Å². The molecule has 2 N–H and O–H groups in total. The van der Waals surface area contributed by atoms with Crippen LogP contribution in [-0.2, 0) is 6.54 Å². The molecule has 0 bridgehead atoms. The molecule has 1 fully saturated rings. The van der Waals surface area contributed by atoms with E-state index < -0.39 is 0 Å². The van der Waals surface area contributed by atoms with Crippen LogP contribution >= 0.6 is 0 Å². The van der Waals surface area contributed by atoms with E-state index in [1.807, 2.05) is 24.3 Å². The van der Waals surface area contributed by atoms with Gasteiger partial charge in [0.15, 0.2) is 0 Å². The van der Waals surface area contributed by atoms with Gasteiger partial charge in [-0.05, 0) is 48.7 Å². The highest BCUT2D eigenvalue weighted by molar-refractivity contribution is 5.61. The van der Waals surface area contributed by atoms with E-state index in [0.29, 0.717) is 12.5 Å². The lowest BCUT2D eigenvalue weighted by Gasteiger charge is -2.18. The topological polar surface area (TPSA) is 53.1 Å². The normalized spacial score (nSPS) is 13.6. The van der Waals surface area contributed by atoms with E-state index in [0.717, 1.165) is 24.6 Å². The fourth-order valence-corrected chi connectivity index (χ4v) is 3.17. The summed E-state index contributed by atoms with van der Waals surface area (Å²) >= 11 is 0. The van der Waals surface area contributed by atoms with E-state index in [2.05, 4.69) is 61.9 Å². The molecule has 1 aliphatic heterocycles. The van der Waals surface area contributed by atoms with Crippen LogP contribution in [0.4, 0.5) is 23.1 Å². The van der Waals surface area contributed by atoms with Crippen molar-refractivity contribution < 1.29 is 0 Å². The first-order valence-electron chi connectivity index (χ1n) is 9.10. The fraction of sp³-hybridized carbons (Fsp3) is 0.238. The summed E-state index contributed by atoms with van der Waals surface area (Å²) in [4.78, 5) is 11.3. The largest absolute Gasteiger partial charge is 0.372 e. The van der Waals surface area contributed by atoms with Gasteiger partial charge in [0.2, 0.25) is 5.95 Å². The molecule has 0 radical (unpaired) electrons. The van der Waals surface area contributed by atoms with Crippen LogP contribution in [-0.4, -0.2) is 23.1 Å². The lowest BCUT2D eigenvalue weighted by molar-refractivity contribution is 0.949. The van der Waals surface area contributed by atoms with Crippen LogP contribution in [0.2, 0.25) is 0 Å². The molecule has 132 valence electrons. The summed E-state index contributed by atoms with van der Waals surface area (Å²) in [5.41, 5.74) is 3.52. The first-order chi connectivity index (χ1) is 12.9. The molecule has 1 saturated heterocycles. The quantitative estimate of drug-likeness (QED) is 0.692. The standard InChI is InChI=1S/C21H23N5/c1-2-6-17(7-3-1)16-23-21-22-13-12-20(25-21)24-18-8-10-19(11-9-18)26-14-4-5-15-26/h1-3,6-13H,4-5,14-16H2,(H2,22,23,24,25). The second-order valence-corrected chi connectivity index (χ2v) is 6.47. The molecular formula is C21H23N5. The van der Waals surface area contributed by atoms with Crippen LogP contribution in [0.5, 0.6) is 0 Å². The highest BCUT2D eigenvalue weighted by Gasteiger charge is 2.11. The van der Waals surface area contributed by atoms with Crippen molar-refractivity contribution in [3.8, 4) is 0 Å². The van der Waals surface area contributed by atoms with E-state index in [1.165, 1.54) is 24.1 Å². The van der Waals surface area contributed by atoms with Crippen LogP contribution < -0.4 is 15.5 Å². The van der Waals surface area contributed by atoms with Gasteiger partial charge in [0.25, 0.3) is 0 Å². The van der Waals surface area contributed by atoms with Crippen LogP contribution in [0.25, 0.3) is 0 Å². The van der Waals surface area contributed by atoms with Gasteiger partial charge >= 0.3 is 0 Å². The Labute approximate surface area is 154 Å². The monoisotopic (exact) mass is 345 g/mol. The molecule has 2 aromatic carbocycles. The second-order valence-electron chi connectivity index (χ2n) is 6.47. The average Bonchev–Trinajstić information content (AvgIpc) is 3.23. The van der Waals surface area contributed by atoms with E-state index >= 15 is 0 Å². The summed E-state index contributed by atoms with van der Waals surface area (Å²) in [5.74, 6) is 1.40. The summed E-state index contributed by atoms with van der Waals surface area (Å²) in [7, 11) is 0. The summed E-state index contributed by atoms with van der Waals surface area (Å²) in [5, 5.41) is 6.62. The lowest BCUT2D eigenvalue weighted by atomic mass is 10.2. The highest BCUT2D eigenvalue weighted by atomic mass is 15.1. The Bertz CT molecular complexity index is 827. The van der Waals surface area contributed by atoms with Crippen molar-refractivity contribution in [3.05, 3.63) is 72.4 Å². The molecule has 1 aromatic heterocycles. The summed E-state index contributed by atoms with van der Waals surface area (Å²) < 4.78 is 0. The van der Waals surface area contributed by atoms with Gasteiger partial charge in [0.05, 0.1) is 0 Å². The number of rotatable bonds is 6. The Morgan fingerprint density at radius 1 is 0.885 bits per heavy atom. The Balaban J connectivity index is 1.38. The molecule has 0 aliphatic carbocycles. The third-order valence-electron chi connectivity index (χ3n) is 4.56. The van der Waals surface area contributed by atoms with Crippen molar-refractivity contribution in [3.63, 3.8) is 0 Å². The molecule has 0 saturated carbocycles. The van der Waals surface area contributed by atoms with E-state index in [9.17, 15) is 0 Å². The first-order valence-corrected chi connectivity index (χ1v) is 9.10. The maximum atomic E-state index is 4.54. The van der Waals surface area contributed by atoms with Crippen LogP contribution in [0, 0.1) is 0 Å². The first kappa shape index (κ1) is 16.4. The minimum Gasteiger partial charge on any atom is -0.372 e. The van der Waals surface area contributed by atoms with Gasteiger partial charge in [-0.15, -0.1) is 0 Å². The Kier molecular flexibility index (Phi) is 4.96. The second kappa shape index (κ2) is 7.87. The molecule has 4 rings (SSSR count). The molecule has 0 amide bonds. The van der Waals surface area contributed by atoms with Gasteiger partial charge < -0.3 is 15.5 Å². The maximum Gasteiger partial charge on any atom is 0.224 e. The Morgan fingerprint density at radius 2 is 1.65 bits per heavy atom. The van der Waals surface area contributed by atoms with Crippen molar-refractivity contribution in [2.24, 2.45) is 0 Å². The molecule has 3 aromatic rings. The number of anilines is 4. The van der Waals surface area contributed by atoms with Crippen molar-refractivity contribution in [2.75, 3.05) is 28.6 Å². The van der Waals surface area contributed by atoms with Crippen LogP contribution in [0.3, 0.4) is 0 Å². The van der Waals surface area contributed by atoms with Gasteiger partial charge in [0, 0.05) is 37.2 Å². The third kappa shape index (κ3) is 4.11. The number of hydrogen-bond acceptors (Lipinski definition) is 5. The number of nitrogens with zero attached hydrogens (tertiary/aromatic N) is 3. The van der Waals surface area contributed by atoms with E-state index in [-0.39, 0.29) is 0 Å². The molecule has 26 heavy (non-hydrogen) atoms. The van der Waals surface area contributed by atoms with Crippen molar-refractivity contribution in [1.29, 1.82) is 0 Å². The number of hydrogen-bond donors (Lipinski definition) is 2. The maximum absolute atomic E-state index is 4.54. The summed E-state index contributed by atoms with van der Waals surface area (Å²) in [6, 6.07) is 20.7. The van der Waals surface area contributed by atoms with E-state index in [1.54, 1.807) is 6.20 Å². The molecule has 0 atom stereocenters. The number of benzene rings is 2. The van der Waals surface area contributed by atoms with Gasteiger partial charge in [0.1, 0.15) is 5.82 Å². The van der Waals surface area contributed by atoms with Crippen LogP contribution in [0.1, 0.15) is 18.4 Å². The van der Waals surface area contributed by atoms with Crippen LogP contribution in [0.15, 0.2) is 66.9 Å². The molecule has 5 heteroatoms. The molecule has 5 nitrogen and oxygen atoms in total. The minimum absolute atomic E-state index is 0.618. The number of nitrogens with one attached hydrogen (secondary N) is 2. The predicted molar refractivity (Wildman–Crippen MR) is 107 cm³/mol. The zero-order valence-corrected chi connectivity index (χ0v) is 14.7. The molecule has 0 spiro atoms. The minimum atomic E-state index is 0.618. The SMILES string of the molecule is c1ccc(CNc2nccc(Nc3ccc(N4CCCC4)cc3)n2)cc1. The van der Waals surface area contributed by atoms with Crippen molar-refractivity contribution in [2.45, 2.75) is 19.4 Å². The summed E-state index contributed by atoms with van der Waals surface area (Å²) in [6.45, 7) is 3.03. The molecule has 2 heterocycles. The zero-order chi connectivity index (χ0) is 17.6. The summed E-state index contributed by atoms with van der Waals surface area (Å²) in [6.07, 6.45) is 4.35. The highest BCUT2D eigenvalue weighted by Crippen LogP contribution is 2.23. The van der Waals surface area contributed by atoms with Gasteiger partial charge in [-0.3, -0.25) is 0 Å². The van der Waals surface area contributed by atoms with E-state index in [4.69, 9.17) is 0 Å². The predicted octanol–water partition coefficient (Wildman–Crippen LogP) is 4.43. The molecule has 0 unspecified atom stereocenters. The molecule has 1 aliphatic rings. The fourth-order valence-electron chi connectivity index (χ4n) is 3.17.